The second-order valence-corrected chi connectivity index (χ2v) is 5.83. The molecule has 1 aliphatic heterocycles. The van der Waals surface area contributed by atoms with Crippen LogP contribution in [0.1, 0.15) is 12.0 Å². The third-order valence-corrected chi connectivity index (χ3v) is 3.94. The predicted molar refractivity (Wildman–Crippen MR) is 101 cm³/mol. The first-order chi connectivity index (χ1) is 12.6. The van der Waals surface area contributed by atoms with E-state index in [0.29, 0.717) is 11.4 Å². The molecule has 0 radical (unpaired) electrons. The fourth-order valence-corrected chi connectivity index (χ4v) is 2.68. The largest absolute Gasteiger partial charge is 0.352 e. The Hall–Kier alpha value is -3.41. The number of amides is 3. The van der Waals surface area contributed by atoms with Crippen molar-refractivity contribution in [1.29, 1.82) is 0 Å². The fourth-order valence-electron chi connectivity index (χ4n) is 2.68. The number of nitrogens with one attached hydrogen (secondary N) is 2. The highest BCUT2D eigenvalue weighted by Gasteiger charge is 2.26. The van der Waals surface area contributed by atoms with Gasteiger partial charge in [-0.3, -0.25) is 14.4 Å². The third-order valence-electron chi connectivity index (χ3n) is 3.94. The molecule has 0 unspecified atom stereocenters. The number of anilines is 2. The molecule has 0 saturated carbocycles. The predicted octanol–water partition coefficient (Wildman–Crippen LogP) is 2.19. The summed E-state index contributed by atoms with van der Waals surface area (Å²) in [5.41, 5.74) is 2.22. The van der Waals surface area contributed by atoms with Crippen LogP contribution in [0.15, 0.2) is 60.7 Å². The Labute approximate surface area is 151 Å². The van der Waals surface area contributed by atoms with E-state index in [1.807, 2.05) is 36.4 Å². The van der Waals surface area contributed by atoms with Crippen LogP contribution in [0, 0.1) is 0 Å². The molecule has 0 aliphatic carbocycles. The lowest BCUT2D eigenvalue weighted by molar-refractivity contribution is -0.122. The molecule has 26 heavy (non-hydrogen) atoms. The van der Waals surface area contributed by atoms with Crippen molar-refractivity contribution in [3.63, 3.8) is 0 Å². The molecule has 0 spiro atoms. The minimum absolute atomic E-state index is 0.0162. The second kappa shape index (κ2) is 8.11. The van der Waals surface area contributed by atoms with E-state index in [4.69, 9.17) is 0 Å². The van der Waals surface area contributed by atoms with Crippen molar-refractivity contribution in [2.75, 3.05) is 23.3 Å². The topological polar surface area (TPSA) is 78.5 Å². The van der Waals surface area contributed by atoms with E-state index in [2.05, 4.69) is 10.6 Å². The summed E-state index contributed by atoms with van der Waals surface area (Å²) in [5, 5.41) is 5.42. The van der Waals surface area contributed by atoms with Gasteiger partial charge in [0.1, 0.15) is 6.54 Å². The number of rotatable bonds is 5. The van der Waals surface area contributed by atoms with E-state index in [0.717, 1.165) is 5.56 Å². The average Bonchev–Trinajstić information content (AvgIpc) is 2.66. The Morgan fingerprint density at radius 1 is 1.08 bits per heavy atom. The molecule has 2 aromatic rings. The summed E-state index contributed by atoms with van der Waals surface area (Å²) in [5.74, 6) is -0.704. The third kappa shape index (κ3) is 4.36. The van der Waals surface area contributed by atoms with Crippen molar-refractivity contribution < 1.29 is 14.4 Å². The van der Waals surface area contributed by atoms with Crippen molar-refractivity contribution in [2.24, 2.45) is 0 Å². The molecule has 1 heterocycles. The monoisotopic (exact) mass is 349 g/mol. The lowest BCUT2D eigenvalue weighted by Gasteiger charge is -2.29. The number of fused-ring (bicyclic) bond motifs is 1. The lowest BCUT2D eigenvalue weighted by Crippen LogP contribution is -2.43. The van der Waals surface area contributed by atoms with E-state index in [9.17, 15) is 14.4 Å². The molecule has 132 valence electrons. The van der Waals surface area contributed by atoms with E-state index in [1.54, 1.807) is 24.3 Å². The summed E-state index contributed by atoms with van der Waals surface area (Å²) in [6.07, 6.45) is 3.26. The van der Waals surface area contributed by atoms with E-state index in [-0.39, 0.29) is 37.2 Å². The molecule has 2 N–H and O–H groups in total. The molecular formula is C20H19N3O3. The van der Waals surface area contributed by atoms with Crippen LogP contribution in [0.5, 0.6) is 0 Å². The summed E-state index contributed by atoms with van der Waals surface area (Å²) >= 11 is 0. The van der Waals surface area contributed by atoms with Gasteiger partial charge in [0, 0.05) is 19.0 Å². The van der Waals surface area contributed by atoms with Gasteiger partial charge in [0.15, 0.2) is 0 Å². The van der Waals surface area contributed by atoms with Crippen molar-refractivity contribution in [1.82, 2.24) is 5.32 Å². The number of carbonyl (C=O) groups excluding carboxylic acids is 3. The quantitative estimate of drug-likeness (QED) is 0.812. The maximum absolute atomic E-state index is 12.4. The minimum atomic E-state index is -0.265. The van der Waals surface area contributed by atoms with Crippen LogP contribution in [-0.2, 0) is 14.4 Å². The van der Waals surface area contributed by atoms with Crippen LogP contribution in [0.25, 0.3) is 6.08 Å². The fraction of sp³-hybridized carbons (Fsp3) is 0.150. The maximum atomic E-state index is 12.4. The first kappa shape index (κ1) is 17.4. The van der Waals surface area contributed by atoms with Crippen LogP contribution in [-0.4, -0.2) is 30.8 Å². The maximum Gasteiger partial charge on any atom is 0.244 e. The highest BCUT2D eigenvalue weighted by molar-refractivity contribution is 6.10. The number of hydrogen-bond acceptors (Lipinski definition) is 3. The molecule has 0 bridgehead atoms. The summed E-state index contributed by atoms with van der Waals surface area (Å²) in [6.45, 7) is 0.189. The molecule has 3 amide bonds. The van der Waals surface area contributed by atoms with Crippen LogP contribution in [0.2, 0.25) is 0 Å². The molecule has 0 aromatic heterocycles. The Balaban J connectivity index is 1.52. The van der Waals surface area contributed by atoms with Gasteiger partial charge in [-0.2, -0.15) is 0 Å². The van der Waals surface area contributed by atoms with Crippen LogP contribution in [0.3, 0.4) is 0 Å². The zero-order chi connectivity index (χ0) is 18.4. The summed E-state index contributed by atoms with van der Waals surface area (Å²) < 4.78 is 0. The number of hydrogen-bond donors (Lipinski definition) is 2. The van der Waals surface area contributed by atoms with E-state index in [1.165, 1.54) is 11.0 Å². The number of para-hydroxylation sites is 2. The van der Waals surface area contributed by atoms with Gasteiger partial charge in [-0.25, -0.2) is 0 Å². The Kier molecular flexibility index (Phi) is 5.43. The van der Waals surface area contributed by atoms with E-state index >= 15 is 0 Å². The molecule has 6 nitrogen and oxygen atoms in total. The van der Waals surface area contributed by atoms with Gasteiger partial charge in [-0.05, 0) is 23.8 Å². The van der Waals surface area contributed by atoms with Gasteiger partial charge in [0.05, 0.1) is 11.4 Å². The van der Waals surface area contributed by atoms with Gasteiger partial charge in [-0.1, -0.05) is 42.5 Å². The normalized spacial score (nSPS) is 13.2. The number of benzene rings is 2. The first-order valence-corrected chi connectivity index (χ1v) is 8.34. The average molecular weight is 349 g/mol. The molecule has 3 rings (SSSR count). The molecule has 1 aliphatic rings. The number of nitrogens with zero attached hydrogens (tertiary/aromatic N) is 1. The van der Waals surface area contributed by atoms with Gasteiger partial charge >= 0.3 is 0 Å². The molecule has 2 aromatic carbocycles. The summed E-state index contributed by atoms with van der Waals surface area (Å²) in [4.78, 5) is 37.5. The van der Waals surface area contributed by atoms with Gasteiger partial charge in [0.2, 0.25) is 17.7 Å². The standard InChI is InChI=1S/C20H19N3O3/c24-18(11-10-15-6-2-1-3-7-15)21-13-12-20(26)23-14-19(25)22-16-8-4-5-9-17(16)23/h1-11H,12-14H2,(H,21,24)(H,22,25)/b11-10+. The highest BCUT2D eigenvalue weighted by atomic mass is 16.2. The second-order valence-electron chi connectivity index (χ2n) is 5.83. The van der Waals surface area contributed by atoms with E-state index < -0.39 is 0 Å². The summed E-state index contributed by atoms with van der Waals surface area (Å²) in [6, 6.07) is 16.6. The number of carbonyl (C=O) groups is 3. The van der Waals surface area contributed by atoms with Crippen LogP contribution >= 0.6 is 0 Å². The first-order valence-electron chi connectivity index (χ1n) is 8.34. The Morgan fingerprint density at radius 2 is 1.81 bits per heavy atom. The zero-order valence-corrected chi connectivity index (χ0v) is 14.1. The highest BCUT2D eigenvalue weighted by Crippen LogP contribution is 2.29. The van der Waals surface area contributed by atoms with Crippen LogP contribution < -0.4 is 15.5 Å². The van der Waals surface area contributed by atoms with Crippen molar-refractivity contribution >= 4 is 35.2 Å². The summed E-state index contributed by atoms with van der Waals surface area (Å²) in [7, 11) is 0. The lowest BCUT2D eigenvalue weighted by atomic mass is 10.2. The molecule has 6 heteroatoms. The molecule has 0 saturated heterocycles. The molecule has 0 atom stereocenters. The van der Waals surface area contributed by atoms with Gasteiger partial charge in [0.25, 0.3) is 0 Å². The van der Waals surface area contributed by atoms with Crippen LogP contribution in [0.4, 0.5) is 11.4 Å². The zero-order valence-electron chi connectivity index (χ0n) is 14.1. The van der Waals surface area contributed by atoms with Crippen molar-refractivity contribution in [3.05, 3.63) is 66.2 Å². The smallest absolute Gasteiger partial charge is 0.244 e. The van der Waals surface area contributed by atoms with Crippen molar-refractivity contribution in [3.8, 4) is 0 Å². The molecular weight excluding hydrogens is 330 g/mol. The SMILES string of the molecule is O=C(/C=C/c1ccccc1)NCCC(=O)N1CC(=O)Nc2ccccc21. The minimum Gasteiger partial charge on any atom is -0.352 e. The van der Waals surface area contributed by atoms with Gasteiger partial charge in [-0.15, -0.1) is 0 Å². The van der Waals surface area contributed by atoms with Crippen molar-refractivity contribution in [2.45, 2.75) is 6.42 Å². The molecule has 0 fully saturated rings. The van der Waals surface area contributed by atoms with Gasteiger partial charge < -0.3 is 15.5 Å². The Bertz CT molecular complexity index is 846. The Morgan fingerprint density at radius 3 is 2.62 bits per heavy atom.